The van der Waals surface area contributed by atoms with Crippen LogP contribution in [0.3, 0.4) is 0 Å². The number of aromatic nitrogens is 4. The van der Waals surface area contributed by atoms with Gasteiger partial charge >= 0.3 is 0 Å². The maximum Gasteiger partial charge on any atom is 0.295 e. The molecule has 1 unspecified atom stereocenters. The van der Waals surface area contributed by atoms with Crippen molar-refractivity contribution in [2.75, 3.05) is 31.1 Å². The fourth-order valence-corrected chi connectivity index (χ4v) is 4.78. The molecule has 180 valence electrons. The number of amides is 1. The molecule has 3 heterocycles. The molecule has 1 amide bonds. The van der Waals surface area contributed by atoms with E-state index < -0.39 is 11.6 Å². The molecule has 8 nitrogen and oxygen atoms in total. The standard InChI is InChI=1S/C26H27FN6O2/c1-17-23-18(2)32(20-9-5-4-6-10-20)29-24(23)26(35)33(28-17)19(3)25(34)31-15-13-30(14-16-31)22-12-8-7-11-21(22)27/h4-12,19H,13-16H2,1-3H3. The van der Waals surface area contributed by atoms with E-state index in [1.165, 1.54) is 10.7 Å². The van der Waals surface area contributed by atoms with E-state index in [2.05, 4.69) is 10.2 Å². The number of halogens is 1. The summed E-state index contributed by atoms with van der Waals surface area (Å²) in [6.07, 6.45) is 0. The Balaban J connectivity index is 1.40. The SMILES string of the molecule is Cc1nn(C(C)C(=O)N2CCN(c3ccccc3F)CC2)c(=O)c2nn(-c3ccccc3)c(C)c12. The smallest absolute Gasteiger partial charge is 0.295 e. The number of carbonyl (C=O) groups excluding carboxylic acids is 1. The zero-order valence-electron chi connectivity index (χ0n) is 20.0. The molecule has 1 aliphatic rings. The summed E-state index contributed by atoms with van der Waals surface area (Å²) >= 11 is 0. The Morgan fingerprint density at radius 3 is 2.29 bits per heavy atom. The first-order chi connectivity index (χ1) is 16.9. The van der Waals surface area contributed by atoms with Crippen LogP contribution in [-0.4, -0.2) is 56.5 Å². The van der Waals surface area contributed by atoms with Crippen molar-refractivity contribution in [2.45, 2.75) is 26.8 Å². The average Bonchev–Trinajstić information content (AvgIpc) is 3.24. The van der Waals surface area contributed by atoms with Crippen LogP contribution >= 0.6 is 0 Å². The van der Waals surface area contributed by atoms with Gasteiger partial charge in [0.2, 0.25) is 5.91 Å². The number of piperazine rings is 1. The Morgan fingerprint density at radius 1 is 0.943 bits per heavy atom. The number of aryl methyl sites for hydroxylation is 2. The van der Waals surface area contributed by atoms with Crippen molar-refractivity contribution in [3.05, 3.63) is 82.2 Å². The summed E-state index contributed by atoms with van der Waals surface area (Å²) in [6, 6.07) is 15.5. The van der Waals surface area contributed by atoms with Gasteiger partial charge in [-0.3, -0.25) is 9.59 Å². The highest BCUT2D eigenvalue weighted by Crippen LogP contribution is 2.23. The summed E-state index contributed by atoms with van der Waals surface area (Å²) < 4.78 is 17.1. The number of fused-ring (bicyclic) bond motifs is 1. The topological polar surface area (TPSA) is 76.3 Å². The second kappa shape index (κ2) is 8.98. The van der Waals surface area contributed by atoms with E-state index >= 15 is 0 Å². The number of carbonyl (C=O) groups is 1. The van der Waals surface area contributed by atoms with Crippen molar-refractivity contribution in [3.63, 3.8) is 0 Å². The van der Waals surface area contributed by atoms with E-state index in [0.29, 0.717) is 48.5 Å². The summed E-state index contributed by atoms with van der Waals surface area (Å²) in [7, 11) is 0. The highest BCUT2D eigenvalue weighted by molar-refractivity contribution is 5.84. The van der Waals surface area contributed by atoms with E-state index in [0.717, 1.165) is 11.4 Å². The zero-order chi connectivity index (χ0) is 24.7. The van der Waals surface area contributed by atoms with Crippen LogP contribution in [0.5, 0.6) is 0 Å². The highest BCUT2D eigenvalue weighted by atomic mass is 19.1. The molecule has 35 heavy (non-hydrogen) atoms. The predicted octanol–water partition coefficient (Wildman–Crippen LogP) is 3.25. The third kappa shape index (κ3) is 3.96. The lowest BCUT2D eigenvalue weighted by Gasteiger charge is -2.37. The van der Waals surface area contributed by atoms with Gasteiger partial charge < -0.3 is 9.80 Å². The number of para-hydroxylation sites is 2. The van der Waals surface area contributed by atoms with Crippen molar-refractivity contribution in [1.29, 1.82) is 0 Å². The monoisotopic (exact) mass is 474 g/mol. The van der Waals surface area contributed by atoms with Gasteiger partial charge in [-0.2, -0.15) is 10.2 Å². The van der Waals surface area contributed by atoms with Crippen molar-refractivity contribution in [2.24, 2.45) is 0 Å². The van der Waals surface area contributed by atoms with Crippen LogP contribution in [0, 0.1) is 19.7 Å². The first-order valence-electron chi connectivity index (χ1n) is 11.7. The third-order valence-corrected chi connectivity index (χ3v) is 6.66. The quantitative estimate of drug-likeness (QED) is 0.454. The van der Waals surface area contributed by atoms with Crippen LogP contribution in [0.15, 0.2) is 59.4 Å². The van der Waals surface area contributed by atoms with Crippen molar-refractivity contribution < 1.29 is 9.18 Å². The summed E-state index contributed by atoms with van der Waals surface area (Å²) in [5.74, 6) is -0.462. The molecule has 0 bridgehead atoms. The number of anilines is 1. The zero-order valence-corrected chi connectivity index (χ0v) is 20.0. The summed E-state index contributed by atoms with van der Waals surface area (Å²) in [5, 5.41) is 9.79. The van der Waals surface area contributed by atoms with E-state index in [-0.39, 0.29) is 11.7 Å². The minimum Gasteiger partial charge on any atom is -0.366 e. The molecule has 2 aromatic carbocycles. The molecular weight excluding hydrogens is 447 g/mol. The number of hydrogen-bond donors (Lipinski definition) is 0. The minimum absolute atomic E-state index is 0.189. The molecule has 0 spiro atoms. The first-order valence-corrected chi connectivity index (χ1v) is 11.7. The minimum atomic E-state index is -0.784. The van der Waals surface area contributed by atoms with Crippen LogP contribution in [0.1, 0.15) is 24.4 Å². The molecule has 4 aromatic rings. The molecule has 1 fully saturated rings. The molecule has 0 saturated carbocycles. The number of benzene rings is 2. The average molecular weight is 475 g/mol. The van der Waals surface area contributed by atoms with Crippen LogP contribution in [0.25, 0.3) is 16.6 Å². The lowest BCUT2D eigenvalue weighted by atomic mass is 10.2. The molecule has 5 rings (SSSR count). The van der Waals surface area contributed by atoms with E-state index in [4.69, 9.17) is 0 Å². The van der Waals surface area contributed by atoms with Crippen molar-refractivity contribution in [1.82, 2.24) is 24.5 Å². The van der Waals surface area contributed by atoms with Gasteiger partial charge in [-0.1, -0.05) is 30.3 Å². The van der Waals surface area contributed by atoms with E-state index in [1.807, 2.05) is 49.1 Å². The Hall–Kier alpha value is -4.01. The molecule has 1 atom stereocenters. The number of nitrogens with zero attached hydrogens (tertiary/aromatic N) is 6. The molecule has 9 heteroatoms. The Labute approximate surface area is 202 Å². The fourth-order valence-electron chi connectivity index (χ4n) is 4.78. The molecular formula is C26H27FN6O2. The maximum atomic E-state index is 14.2. The summed E-state index contributed by atoms with van der Waals surface area (Å²) in [5.41, 5.74) is 2.75. The largest absolute Gasteiger partial charge is 0.366 e. The molecule has 1 aliphatic heterocycles. The van der Waals surface area contributed by atoms with Crippen LogP contribution < -0.4 is 10.5 Å². The Kier molecular flexibility index (Phi) is 5.84. The van der Waals surface area contributed by atoms with Gasteiger partial charge in [0.1, 0.15) is 11.9 Å². The van der Waals surface area contributed by atoms with Gasteiger partial charge in [0, 0.05) is 26.2 Å². The van der Waals surface area contributed by atoms with Crippen LogP contribution in [-0.2, 0) is 4.79 Å². The predicted molar refractivity (Wildman–Crippen MR) is 133 cm³/mol. The number of hydrogen-bond acceptors (Lipinski definition) is 5. The molecule has 0 aliphatic carbocycles. The second-order valence-corrected chi connectivity index (χ2v) is 8.83. The van der Waals surface area contributed by atoms with Gasteiger partial charge in [0.05, 0.1) is 28.1 Å². The summed E-state index contributed by atoms with van der Waals surface area (Å²) in [6.45, 7) is 7.33. The Morgan fingerprint density at radius 2 is 1.60 bits per heavy atom. The second-order valence-electron chi connectivity index (χ2n) is 8.83. The maximum absolute atomic E-state index is 14.2. The fraction of sp³-hybridized carbons (Fsp3) is 0.308. The third-order valence-electron chi connectivity index (χ3n) is 6.66. The molecule has 2 aromatic heterocycles. The van der Waals surface area contributed by atoms with Gasteiger partial charge in [-0.15, -0.1) is 0 Å². The van der Waals surface area contributed by atoms with E-state index in [9.17, 15) is 14.0 Å². The molecule has 0 N–H and O–H groups in total. The van der Waals surface area contributed by atoms with Gasteiger partial charge in [0.25, 0.3) is 5.56 Å². The van der Waals surface area contributed by atoms with Gasteiger partial charge in [-0.25, -0.2) is 13.8 Å². The normalized spacial score (nSPS) is 15.0. The lowest BCUT2D eigenvalue weighted by Crippen LogP contribution is -2.51. The van der Waals surface area contributed by atoms with Crippen LogP contribution in [0.4, 0.5) is 10.1 Å². The summed E-state index contributed by atoms with van der Waals surface area (Å²) in [4.78, 5) is 30.3. The van der Waals surface area contributed by atoms with E-state index in [1.54, 1.807) is 34.7 Å². The Bertz CT molecular complexity index is 1450. The van der Waals surface area contributed by atoms with Gasteiger partial charge in [0.15, 0.2) is 5.52 Å². The molecule has 1 saturated heterocycles. The van der Waals surface area contributed by atoms with Crippen molar-refractivity contribution >= 4 is 22.5 Å². The number of rotatable bonds is 4. The van der Waals surface area contributed by atoms with Crippen molar-refractivity contribution in [3.8, 4) is 5.69 Å². The first kappa shape index (κ1) is 22.8. The lowest BCUT2D eigenvalue weighted by molar-refractivity contribution is -0.135. The molecule has 0 radical (unpaired) electrons. The van der Waals surface area contributed by atoms with Crippen LogP contribution in [0.2, 0.25) is 0 Å². The van der Waals surface area contributed by atoms with Gasteiger partial charge in [-0.05, 0) is 45.0 Å². The highest BCUT2D eigenvalue weighted by Gasteiger charge is 2.29.